The van der Waals surface area contributed by atoms with Gasteiger partial charge in [0.2, 0.25) is 0 Å². The zero-order chi connectivity index (χ0) is 19.9. The molecular weight excluding hydrogens is 439 g/mol. The minimum atomic E-state index is 0.146. The first-order chi connectivity index (χ1) is 13.7. The Morgan fingerprint density at radius 2 is 1.43 bits per heavy atom. The van der Waals surface area contributed by atoms with Gasteiger partial charge in [0.15, 0.2) is 0 Å². The van der Waals surface area contributed by atoms with Gasteiger partial charge in [-0.25, -0.2) is 0 Å². The van der Waals surface area contributed by atoms with Gasteiger partial charge in [-0.2, -0.15) is 0 Å². The zero-order valence-electron chi connectivity index (χ0n) is 16.1. The van der Waals surface area contributed by atoms with Crippen LogP contribution in [0.2, 0.25) is 10.3 Å². The van der Waals surface area contributed by atoms with E-state index in [-0.39, 0.29) is 20.9 Å². The number of methoxy groups -OCH3 is 3. The maximum atomic E-state index is 6.04. The average molecular weight is 462 g/mol. The average Bonchev–Trinajstić information content (AvgIpc) is 2.75. The molecule has 1 unspecified atom stereocenters. The minimum absolute atomic E-state index is 0.146. The number of rotatable bonds is 8. The molecule has 0 radical (unpaired) electrons. The van der Waals surface area contributed by atoms with Crippen LogP contribution in [0.4, 0.5) is 0 Å². The summed E-state index contributed by atoms with van der Waals surface area (Å²) >= 11 is 6.30. The van der Waals surface area contributed by atoms with Gasteiger partial charge in [0, 0.05) is 0 Å². The van der Waals surface area contributed by atoms with Crippen molar-refractivity contribution in [3.8, 4) is 17.2 Å². The maximum absolute atomic E-state index is 6.04. The van der Waals surface area contributed by atoms with Crippen LogP contribution in [-0.4, -0.2) is 36.3 Å². The first-order valence-corrected chi connectivity index (χ1v) is 11.3. The third kappa shape index (κ3) is 4.82. The number of halogens is 1. The molecule has 0 aliphatic rings. The van der Waals surface area contributed by atoms with Gasteiger partial charge in [0.05, 0.1) is 0 Å². The fourth-order valence-electron chi connectivity index (χ4n) is 3.12. The Morgan fingerprint density at radius 3 is 1.96 bits per heavy atom. The summed E-state index contributed by atoms with van der Waals surface area (Å²) in [6.07, 6.45) is 0. The Labute approximate surface area is 177 Å². The Kier molecular flexibility index (Phi) is 7.27. The van der Waals surface area contributed by atoms with Crippen molar-refractivity contribution >= 4 is 31.0 Å². The molecule has 3 aromatic carbocycles. The van der Waals surface area contributed by atoms with E-state index < -0.39 is 0 Å². The second-order valence-electron chi connectivity index (χ2n) is 6.17. The first kappa shape index (κ1) is 20.6. The van der Waals surface area contributed by atoms with Gasteiger partial charge in [-0.05, 0) is 0 Å². The molecule has 3 aromatic rings. The van der Waals surface area contributed by atoms with E-state index in [0.717, 1.165) is 27.4 Å². The molecule has 0 spiro atoms. The van der Waals surface area contributed by atoms with E-state index >= 15 is 0 Å². The Hall–Kier alpha value is -2.13. The van der Waals surface area contributed by atoms with Crippen LogP contribution in [0.25, 0.3) is 0 Å². The summed E-state index contributed by atoms with van der Waals surface area (Å²) in [4.78, 5) is 0. The van der Waals surface area contributed by atoms with Crippen LogP contribution in [0.5, 0.6) is 17.2 Å². The monoisotopic (exact) mass is 462 g/mol. The molecule has 5 heteroatoms. The second kappa shape index (κ2) is 9.88. The molecule has 146 valence electrons. The normalized spacial score (nSPS) is 11.7. The molecule has 0 fully saturated rings. The summed E-state index contributed by atoms with van der Waals surface area (Å²) in [5, 5.41) is 1.73. The van der Waals surface area contributed by atoms with Crippen LogP contribution >= 0.6 is 11.6 Å². The molecule has 0 aromatic heterocycles. The van der Waals surface area contributed by atoms with Crippen LogP contribution in [-0.2, 0) is 0 Å². The predicted molar refractivity (Wildman–Crippen MR) is 116 cm³/mol. The van der Waals surface area contributed by atoms with Gasteiger partial charge in [-0.15, -0.1) is 0 Å². The Balaban J connectivity index is 2.03. The summed E-state index contributed by atoms with van der Waals surface area (Å²) in [5.74, 6) is 2.41. The number of hydrogen-bond donors (Lipinski definition) is 0. The van der Waals surface area contributed by atoms with Gasteiger partial charge in [-0.3, -0.25) is 0 Å². The zero-order valence-corrected chi connectivity index (χ0v) is 18.6. The molecule has 0 amide bonds. The van der Waals surface area contributed by atoms with Crippen molar-refractivity contribution < 1.29 is 14.2 Å². The second-order valence-corrected chi connectivity index (χ2v) is 8.90. The van der Waals surface area contributed by atoms with Crippen molar-refractivity contribution in [2.24, 2.45) is 0 Å². The van der Waals surface area contributed by atoms with Crippen molar-refractivity contribution in [3.63, 3.8) is 0 Å². The van der Waals surface area contributed by atoms with E-state index in [4.69, 9.17) is 25.8 Å². The van der Waals surface area contributed by atoms with Gasteiger partial charge in [0.1, 0.15) is 0 Å². The van der Waals surface area contributed by atoms with E-state index in [1.54, 1.807) is 21.3 Å². The van der Waals surface area contributed by atoms with Crippen molar-refractivity contribution in [1.29, 1.82) is 0 Å². The van der Waals surface area contributed by atoms with E-state index in [1.807, 2.05) is 30.3 Å². The number of hydrogen-bond acceptors (Lipinski definition) is 3. The number of ether oxygens (including phenoxy) is 3. The van der Waals surface area contributed by atoms with Crippen LogP contribution in [0.3, 0.4) is 0 Å². The summed E-state index contributed by atoms with van der Waals surface area (Å²) in [6, 6.07) is 22.4. The fraction of sp³-hybridized carbons (Fsp3) is 0.217. The topological polar surface area (TPSA) is 27.7 Å². The van der Waals surface area contributed by atoms with Crippen molar-refractivity contribution in [2.75, 3.05) is 21.3 Å². The molecule has 0 aliphatic carbocycles. The van der Waals surface area contributed by atoms with Crippen LogP contribution in [0.15, 0.2) is 66.7 Å². The molecule has 3 rings (SSSR count). The summed E-state index contributed by atoms with van der Waals surface area (Å²) in [7, 11) is 5.01. The molecular formula is C23H23ClO3Se. The molecule has 28 heavy (non-hydrogen) atoms. The van der Waals surface area contributed by atoms with Crippen LogP contribution in [0, 0.1) is 0 Å². The third-order valence-corrected chi connectivity index (χ3v) is 7.11. The van der Waals surface area contributed by atoms with Gasteiger partial charge >= 0.3 is 178 Å². The van der Waals surface area contributed by atoms with Crippen molar-refractivity contribution in [1.82, 2.24) is 0 Å². The summed E-state index contributed by atoms with van der Waals surface area (Å²) < 4.78 is 18.2. The quantitative estimate of drug-likeness (QED) is 0.444. The Bertz CT molecular complexity index is 872. The molecule has 1 atom stereocenters. The van der Waals surface area contributed by atoms with Crippen LogP contribution < -0.4 is 18.7 Å². The Morgan fingerprint density at radius 1 is 0.821 bits per heavy atom. The predicted octanol–water partition coefficient (Wildman–Crippen LogP) is 4.95. The molecule has 0 heterocycles. The molecule has 0 N–H and O–H groups in total. The first-order valence-electron chi connectivity index (χ1n) is 8.89. The van der Waals surface area contributed by atoms with E-state index in [2.05, 4.69) is 36.4 Å². The molecule has 3 nitrogen and oxygen atoms in total. The van der Waals surface area contributed by atoms with E-state index in [9.17, 15) is 0 Å². The van der Waals surface area contributed by atoms with Gasteiger partial charge in [0.25, 0.3) is 0 Å². The third-order valence-electron chi connectivity index (χ3n) is 4.53. The summed E-state index contributed by atoms with van der Waals surface area (Å²) in [5.41, 5.74) is 2.29. The fourth-order valence-corrected chi connectivity index (χ4v) is 5.44. The standard InChI is InChI=1S/C23H23ClO3Se/c1-25-18-13-21(26-2)23(22(14-18)27-3)20(16-7-5-4-6-8-16)15-28-19-11-9-17(24)10-12-19/h4-14,20H,15H2,1-3H3. The van der Waals surface area contributed by atoms with E-state index in [1.165, 1.54) is 10.0 Å². The number of benzene rings is 3. The van der Waals surface area contributed by atoms with Crippen LogP contribution in [0.1, 0.15) is 17.0 Å². The molecule has 0 saturated heterocycles. The SMILES string of the molecule is COc1cc(OC)c(C(C[Se]c2ccc(Cl)cc2)c2ccccc2)c(OC)c1. The van der Waals surface area contributed by atoms with Gasteiger partial charge < -0.3 is 0 Å². The molecule has 0 bridgehead atoms. The molecule has 0 aliphatic heterocycles. The van der Waals surface area contributed by atoms with E-state index in [0.29, 0.717) is 5.75 Å². The van der Waals surface area contributed by atoms with Crippen molar-refractivity contribution in [3.05, 3.63) is 82.9 Å². The van der Waals surface area contributed by atoms with Gasteiger partial charge in [-0.1, -0.05) is 0 Å². The van der Waals surface area contributed by atoms with Crippen molar-refractivity contribution in [2.45, 2.75) is 11.2 Å². The molecule has 0 saturated carbocycles. The summed E-state index contributed by atoms with van der Waals surface area (Å²) in [6.45, 7) is 0.